The van der Waals surface area contributed by atoms with Crippen LogP contribution in [0.3, 0.4) is 0 Å². The number of rotatable bonds is 4. The molecule has 0 heterocycles. The van der Waals surface area contributed by atoms with Crippen molar-refractivity contribution < 1.29 is 9.53 Å². The van der Waals surface area contributed by atoms with Crippen LogP contribution in [0.5, 0.6) is 0 Å². The first-order valence-electron chi connectivity index (χ1n) is 5.93. The van der Waals surface area contributed by atoms with Crippen molar-refractivity contribution in [3.05, 3.63) is 28.8 Å². The van der Waals surface area contributed by atoms with E-state index in [0.717, 1.165) is 6.42 Å². The molecule has 0 amide bonds. The highest BCUT2D eigenvalue weighted by Gasteiger charge is 2.12. The molecule has 104 valence electrons. The summed E-state index contributed by atoms with van der Waals surface area (Å²) in [6, 6.07) is 5.27. The Morgan fingerprint density at radius 1 is 1.53 bits per heavy atom. The Morgan fingerprint density at radius 3 is 2.79 bits per heavy atom. The molecule has 0 saturated carbocycles. The van der Waals surface area contributed by atoms with Crippen LogP contribution >= 0.6 is 23.8 Å². The number of ether oxygens (including phenoxy) is 1. The van der Waals surface area contributed by atoms with Gasteiger partial charge >= 0.3 is 5.97 Å². The Hall–Kier alpha value is -1.33. The number of carbonyl (C=O) groups excluding carboxylic acids is 1. The number of nitrogens with one attached hydrogen (secondary N) is 2. The molecule has 0 radical (unpaired) electrons. The third kappa shape index (κ3) is 4.69. The SMILES string of the molecule is CC[C@@H](C)NC(=S)Nc1ccc(Cl)c(C(=O)OC)c1. The van der Waals surface area contributed by atoms with Crippen LogP contribution in [0.25, 0.3) is 0 Å². The summed E-state index contributed by atoms with van der Waals surface area (Å²) in [6.45, 7) is 4.10. The smallest absolute Gasteiger partial charge is 0.339 e. The number of hydrogen-bond acceptors (Lipinski definition) is 3. The van der Waals surface area contributed by atoms with E-state index in [-0.39, 0.29) is 6.04 Å². The first kappa shape index (κ1) is 15.7. The highest BCUT2D eigenvalue weighted by Crippen LogP contribution is 2.21. The van der Waals surface area contributed by atoms with Crippen LogP contribution < -0.4 is 10.6 Å². The average Bonchev–Trinajstić information content (AvgIpc) is 2.39. The van der Waals surface area contributed by atoms with Crippen LogP contribution in [-0.2, 0) is 4.74 Å². The third-order valence-corrected chi connectivity index (χ3v) is 3.17. The van der Waals surface area contributed by atoms with E-state index in [9.17, 15) is 4.79 Å². The van der Waals surface area contributed by atoms with Gasteiger partial charge in [0.05, 0.1) is 17.7 Å². The molecule has 1 aromatic carbocycles. The number of methoxy groups -OCH3 is 1. The second-order valence-corrected chi connectivity index (χ2v) is 4.91. The number of anilines is 1. The van der Waals surface area contributed by atoms with Gasteiger partial charge in [-0.2, -0.15) is 0 Å². The molecule has 0 unspecified atom stereocenters. The summed E-state index contributed by atoms with van der Waals surface area (Å²) in [5.41, 5.74) is 0.992. The van der Waals surface area contributed by atoms with Gasteiger partial charge in [-0.15, -0.1) is 0 Å². The van der Waals surface area contributed by atoms with E-state index >= 15 is 0 Å². The second kappa shape index (κ2) is 7.31. The predicted octanol–water partition coefficient (Wildman–Crippen LogP) is 3.21. The lowest BCUT2D eigenvalue weighted by atomic mass is 10.2. The monoisotopic (exact) mass is 300 g/mol. The minimum Gasteiger partial charge on any atom is -0.465 e. The van der Waals surface area contributed by atoms with Gasteiger partial charge in [0.15, 0.2) is 5.11 Å². The minimum atomic E-state index is -0.477. The Balaban J connectivity index is 2.80. The van der Waals surface area contributed by atoms with E-state index in [0.29, 0.717) is 21.4 Å². The standard InChI is InChI=1S/C13H17ClN2O2S/c1-4-8(2)15-13(19)16-9-5-6-11(14)10(7-9)12(17)18-3/h5-8H,4H2,1-3H3,(H2,15,16,19)/t8-/m1/s1. The zero-order valence-electron chi connectivity index (χ0n) is 11.1. The Morgan fingerprint density at radius 2 is 2.21 bits per heavy atom. The average molecular weight is 301 g/mol. The molecule has 0 spiro atoms. The summed E-state index contributed by atoms with van der Waals surface area (Å²) in [4.78, 5) is 11.5. The molecule has 0 fully saturated rings. The fourth-order valence-corrected chi connectivity index (χ4v) is 1.88. The molecule has 0 aliphatic carbocycles. The minimum absolute atomic E-state index is 0.285. The molecule has 0 aromatic heterocycles. The molecule has 0 saturated heterocycles. The Labute approximate surface area is 123 Å². The van der Waals surface area contributed by atoms with Gasteiger partial charge in [-0.05, 0) is 43.8 Å². The Kier molecular flexibility index (Phi) is 6.05. The van der Waals surface area contributed by atoms with Crippen LogP contribution in [0, 0.1) is 0 Å². The quantitative estimate of drug-likeness (QED) is 0.660. The van der Waals surface area contributed by atoms with Crippen LogP contribution in [-0.4, -0.2) is 24.2 Å². The number of hydrogen-bond donors (Lipinski definition) is 2. The predicted molar refractivity (Wildman–Crippen MR) is 81.9 cm³/mol. The van der Waals surface area contributed by atoms with Crippen LogP contribution in [0.1, 0.15) is 30.6 Å². The van der Waals surface area contributed by atoms with Crippen molar-refractivity contribution in [3.63, 3.8) is 0 Å². The van der Waals surface area contributed by atoms with E-state index in [1.54, 1.807) is 18.2 Å². The first-order chi connectivity index (χ1) is 8.97. The summed E-state index contributed by atoms with van der Waals surface area (Å²) in [7, 11) is 1.31. The zero-order chi connectivity index (χ0) is 14.4. The Bertz CT molecular complexity index is 480. The van der Waals surface area contributed by atoms with E-state index in [4.69, 9.17) is 23.8 Å². The van der Waals surface area contributed by atoms with E-state index in [1.165, 1.54) is 7.11 Å². The summed E-state index contributed by atoms with van der Waals surface area (Å²) < 4.78 is 4.66. The van der Waals surface area contributed by atoms with Gasteiger partial charge < -0.3 is 15.4 Å². The van der Waals surface area contributed by atoms with Crippen molar-refractivity contribution in [2.24, 2.45) is 0 Å². The molecule has 1 atom stereocenters. The van der Waals surface area contributed by atoms with Gasteiger partial charge in [0.25, 0.3) is 0 Å². The maximum absolute atomic E-state index is 11.5. The number of thiocarbonyl (C=S) groups is 1. The van der Waals surface area contributed by atoms with Gasteiger partial charge in [0.2, 0.25) is 0 Å². The van der Waals surface area contributed by atoms with Gasteiger partial charge in [-0.25, -0.2) is 4.79 Å². The molecule has 0 bridgehead atoms. The maximum Gasteiger partial charge on any atom is 0.339 e. The molecular weight excluding hydrogens is 284 g/mol. The highest BCUT2D eigenvalue weighted by atomic mass is 35.5. The van der Waals surface area contributed by atoms with Crippen molar-refractivity contribution in [1.82, 2.24) is 5.32 Å². The number of benzene rings is 1. The largest absolute Gasteiger partial charge is 0.465 e. The zero-order valence-corrected chi connectivity index (χ0v) is 12.7. The fraction of sp³-hybridized carbons (Fsp3) is 0.385. The van der Waals surface area contributed by atoms with Gasteiger partial charge in [-0.3, -0.25) is 0 Å². The van der Waals surface area contributed by atoms with Crippen LogP contribution in [0.15, 0.2) is 18.2 Å². The van der Waals surface area contributed by atoms with Gasteiger partial charge in [0, 0.05) is 11.7 Å². The summed E-state index contributed by atoms with van der Waals surface area (Å²) in [6.07, 6.45) is 0.968. The molecule has 1 aromatic rings. The summed E-state index contributed by atoms with van der Waals surface area (Å²) >= 11 is 11.1. The molecule has 19 heavy (non-hydrogen) atoms. The van der Waals surface area contributed by atoms with Crippen molar-refractivity contribution in [2.45, 2.75) is 26.3 Å². The maximum atomic E-state index is 11.5. The lowest BCUT2D eigenvalue weighted by Gasteiger charge is -2.15. The number of carbonyl (C=O) groups is 1. The molecular formula is C13H17ClN2O2S. The lowest BCUT2D eigenvalue weighted by molar-refractivity contribution is 0.0601. The van der Waals surface area contributed by atoms with Crippen molar-refractivity contribution >= 4 is 40.6 Å². The van der Waals surface area contributed by atoms with E-state index in [2.05, 4.69) is 22.3 Å². The highest BCUT2D eigenvalue weighted by molar-refractivity contribution is 7.80. The third-order valence-electron chi connectivity index (χ3n) is 2.62. The van der Waals surface area contributed by atoms with E-state index < -0.39 is 5.97 Å². The lowest BCUT2D eigenvalue weighted by Crippen LogP contribution is -2.35. The fourth-order valence-electron chi connectivity index (χ4n) is 1.36. The molecule has 2 N–H and O–H groups in total. The summed E-state index contributed by atoms with van der Waals surface area (Å²) in [5, 5.41) is 6.99. The first-order valence-corrected chi connectivity index (χ1v) is 6.72. The van der Waals surface area contributed by atoms with Crippen LogP contribution in [0.2, 0.25) is 5.02 Å². The van der Waals surface area contributed by atoms with Crippen molar-refractivity contribution in [1.29, 1.82) is 0 Å². The molecule has 6 heteroatoms. The normalized spacial score (nSPS) is 11.6. The van der Waals surface area contributed by atoms with Crippen molar-refractivity contribution in [2.75, 3.05) is 12.4 Å². The number of halogens is 1. The topological polar surface area (TPSA) is 50.4 Å². The van der Waals surface area contributed by atoms with Crippen molar-refractivity contribution in [3.8, 4) is 0 Å². The molecule has 1 rings (SSSR count). The molecule has 0 aliphatic rings. The second-order valence-electron chi connectivity index (χ2n) is 4.09. The van der Waals surface area contributed by atoms with Crippen LogP contribution in [0.4, 0.5) is 5.69 Å². The van der Waals surface area contributed by atoms with Gasteiger partial charge in [-0.1, -0.05) is 18.5 Å². The molecule has 4 nitrogen and oxygen atoms in total. The molecule has 0 aliphatic heterocycles. The summed E-state index contributed by atoms with van der Waals surface area (Å²) in [5.74, 6) is -0.477. The van der Waals surface area contributed by atoms with Gasteiger partial charge in [0.1, 0.15) is 0 Å². The van der Waals surface area contributed by atoms with E-state index in [1.807, 2.05) is 6.92 Å². The number of esters is 1.